The molecule has 0 spiro atoms. The van der Waals surface area contributed by atoms with Crippen LogP contribution in [0.1, 0.15) is 64.1 Å². The van der Waals surface area contributed by atoms with E-state index in [1.54, 1.807) is 0 Å². The van der Waals surface area contributed by atoms with Crippen molar-refractivity contribution in [2.45, 2.75) is 64.5 Å². The molecule has 2 aromatic carbocycles. The Bertz CT molecular complexity index is 781. The fourth-order valence-corrected chi connectivity index (χ4v) is 4.81. The summed E-state index contributed by atoms with van der Waals surface area (Å²) in [6, 6.07) is 22.4. The lowest BCUT2D eigenvalue weighted by Gasteiger charge is -2.37. The normalized spacial score (nSPS) is 15.8. The molecule has 0 bridgehead atoms. The van der Waals surface area contributed by atoms with Crippen molar-refractivity contribution < 1.29 is 0 Å². The van der Waals surface area contributed by atoms with Gasteiger partial charge in [0.15, 0.2) is 0 Å². The van der Waals surface area contributed by atoms with Crippen molar-refractivity contribution in [1.82, 2.24) is 4.90 Å². The van der Waals surface area contributed by atoms with Crippen LogP contribution in [0.3, 0.4) is 0 Å². The standard InChI is InChI=1S/C25H33BrN2/c1-6-22(28(5)20(4)21-12-8-7-9-13-21)16-17-25(18-27,19(2)3)23-14-10-11-15-24(23)26/h7-15,19-20,22H,6,16-17H2,1-5H3. The third-order valence-corrected chi connectivity index (χ3v) is 7.04. The first-order valence-corrected chi connectivity index (χ1v) is 11.1. The monoisotopic (exact) mass is 440 g/mol. The van der Waals surface area contributed by atoms with Gasteiger partial charge in [0.05, 0.1) is 11.5 Å². The van der Waals surface area contributed by atoms with Crippen LogP contribution in [-0.2, 0) is 5.41 Å². The number of nitriles is 1. The van der Waals surface area contributed by atoms with Gasteiger partial charge in [-0.25, -0.2) is 0 Å². The van der Waals surface area contributed by atoms with Crippen LogP contribution in [0.4, 0.5) is 0 Å². The lowest BCUT2D eigenvalue weighted by molar-refractivity contribution is 0.158. The van der Waals surface area contributed by atoms with Crippen LogP contribution >= 0.6 is 15.9 Å². The minimum atomic E-state index is -0.482. The molecule has 0 aliphatic heterocycles. The number of rotatable bonds is 9. The van der Waals surface area contributed by atoms with Gasteiger partial charge in [0.25, 0.3) is 0 Å². The molecule has 0 fully saturated rings. The summed E-state index contributed by atoms with van der Waals surface area (Å²) in [6.45, 7) is 8.85. The van der Waals surface area contributed by atoms with E-state index in [1.165, 1.54) is 5.56 Å². The van der Waals surface area contributed by atoms with Gasteiger partial charge < -0.3 is 0 Å². The number of hydrogen-bond donors (Lipinski definition) is 0. The molecule has 0 N–H and O–H groups in total. The van der Waals surface area contributed by atoms with E-state index < -0.39 is 5.41 Å². The molecule has 3 atom stereocenters. The van der Waals surface area contributed by atoms with E-state index in [0.717, 1.165) is 29.3 Å². The van der Waals surface area contributed by atoms with Crippen molar-refractivity contribution in [1.29, 1.82) is 5.26 Å². The topological polar surface area (TPSA) is 27.0 Å². The summed E-state index contributed by atoms with van der Waals surface area (Å²) in [6.07, 6.45) is 2.93. The maximum atomic E-state index is 10.3. The first-order chi connectivity index (χ1) is 13.4. The zero-order chi connectivity index (χ0) is 20.7. The molecule has 0 aromatic heterocycles. The summed E-state index contributed by atoms with van der Waals surface area (Å²) in [5.41, 5.74) is 1.97. The molecule has 2 rings (SSSR count). The van der Waals surface area contributed by atoms with E-state index in [4.69, 9.17) is 0 Å². The van der Waals surface area contributed by atoms with E-state index >= 15 is 0 Å². The van der Waals surface area contributed by atoms with Crippen molar-refractivity contribution >= 4 is 15.9 Å². The average Bonchev–Trinajstić information content (AvgIpc) is 2.72. The highest BCUT2D eigenvalue weighted by atomic mass is 79.9. The Balaban J connectivity index is 2.23. The first kappa shape index (κ1) is 22.7. The first-order valence-electron chi connectivity index (χ1n) is 10.3. The van der Waals surface area contributed by atoms with Gasteiger partial charge in [-0.05, 0) is 56.3 Å². The zero-order valence-corrected chi connectivity index (χ0v) is 19.4. The zero-order valence-electron chi connectivity index (χ0n) is 17.8. The van der Waals surface area contributed by atoms with Crippen molar-refractivity contribution in [3.8, 4) is 6.07 Å². The Kier molecular flexibility index (Phi) is 8.28. The molecule has 0 saturated carbocycles. The van der Waals surface area contributed by atoms with E-state index in [2.05, 4.69) is 98.0 Å². The molecule has 150 valence electrons. The van der Waals surface area contributed by atoms with E-state index in [1.807, 2.05) is 18.2 Å². The molecule has 0 amide bonds. The molecule has 2 nitrogen and oxygen atoms in total. The van der Waals surface area contributed by atoms with Gasteiger partial charge in [0.1, 0.15) is 0 Å². The van der Waals surface area contributed by atoms with Crippen LogP contribution < -0.4 is 0 Å². The third kappa shape index (κ3) is 4.85. The molecule has 3 unspecified atom stereocenters. The van der Waals surface area contributed by atoms with Gasteiger partial charge in [-0.15, -0.1) is 0 Å². The molecule has 0 aliphatic carbocycles. The van der Waals surface area contributed by atoms with Crippen LogP contribution in [0.25, 0.3) is 0 Å². The molecule has 28 heavy (non-hydrogen) atoms. The largest absolute Gasteiger partial charge is 0.297 e. The van der Waals surface area contributed by atoms with Crippen molar-refractivity contribution in [3.63, 3.8) is 0 Å². The number of benzene rings is 2. The number of nitrogens with zero attached hydrogens (tertiary/aromatic N) is 2. The highest BCUT2D eigenvalue weighted by molar-refractivity contribution is 9.10. The summed E-state index contributed by atoms with van der Waals surface area (Å²) in [5, 5.41) is 10.3. The Labute approximate surface area is 179 Å². The second-order valence-electron chi connectivity index (χ2n) is 8.07. The Morgan fingerprint density at radius 2 is 1.64 bits per heavy atom. The lowest BCUT2D eigenvalue weighted by atomic mass is 9.69. The van der Waals surface area contributed by atoms with Crippen LogP contribution in [0.2, 0.25) is 0 Å². The second-order valence-corrected chi connectivity index (χ2v) is 8.92. The average molecular weight is 441 g/mol. The van der Waals surface area contributed by atoms with Gasteiger partial charge in [-0.2, -0.15) is 5.26 Å². The van der Waals surface area contributed by atoms with E-state index in [-0.39, 0.29) is 5.92 Å². The van der Waals surface area contributed by atoms with Crippen molar-refractivity contribution in [2.24, 2.45) is 5.92 Å². The number of hydrogen-bond acceptors (Lipinski definition) is 2. The maximum absolute atomic E-state index is 10.3. The molecule has 2 aromatic rings. The van der Waals surface area contributed by atoms with Gasteiger partial charge in [0, 0.05) is 16.6 Å². The van der Waals surface area contributed by atoms with Crippen molar-refractivity contribution in [3.05, 3.63) is 70.2 Å². The number of halogens is 1. The minimum Gasteiger partial charge on any atom is -0.297 e. The van der Waals surface area contributed by atoms with Crippen LogP contribution in [-0.4, -0.2) is 18.0 Å². The molecular formula is C25H33BrN2. The summed E-state index contributed by atoms with van der Waals surface area (Å²) < 4.78 is 1.03. The fourth-order valence-electron chi connectivity index (χ4n) is 4.18. The predicted molar refractivity (Wildman–Crippen MR) is 122 cm³/mol. The third-order valence-electron chi connectivity index (χ3n) is 6.35. The highest BCUT2D eigenvalue weighted by Gasteiger charge is 2.38. The van der Waals surface area contributed by atoms with Crippen LogP contribution in [0.15, 0.2) is 59.1 Å². The second kappa shape index (κ2) is 10.2. The van der Waals surface area contributed by atoms with Crippen LogP contribution in [0, 0.1) is 17.2 Å². The van der Waals surface area contributed by atoms with E-state index in [0.29, 0.717) is 12.1 Å². The summed E-state index contributed by atoms with van der Waals surface area (Å²) in [7, 11) is 2.22. The maximum Gasteiger partial charge on any atom is 0.0856 e. The molecule has 0 heterocycles. The minimum absolute atomic E-state index is 0.241. The van der Waals surface area contributed by atoms with Gasteiger partial charge in [0.2, 0.25) is 0 Å². The predicted octanol–water partition coefficient (Wildman–Crippen LogP) is 7.12. The Morgan fingerprint density at radius 1 is 1.04 bits per heavy atom. The van der Waals surface area contributed by atoms with Gasteiger partial charge >= 0.3 is 0 Å². The van der Waals surface area contributed by atoms with Gasteiger partial charge in [-0.3, -0.25) is 4.90 Å². The Hall–Kier alpha value is -1.63. The lowest BCUT2D eigenvalue weighted by Crippen LogP contribution is -2.37. The molecule has 3 heteroatoms. The molecular weight excluding hydrogens is 408 g/mol. The van der Waals surface area contributed by atoms with Crippen LogP contribution in [0.5, 0.6) is 0 Å². The smallest absolute Gasteiger partial charge is 0.0856 e. The fraction of sp³-hybridized carbons (Fsp3) is 0.480. The molecule has 0 saturated heterocycles. The molecule has 0 aliphatic rings. The van der Waals surface area contributed by atoms with Crippen molar-refractivity contribution in [2.75, 3.05) is 7.05 Å². The highest BCUT2D eigenvalue weighted by Crippen LogP contribution is 2.41. The quantitative estimate of drug-likeness (QED) is 0.414. The van der Waals surface area contributed by atoms with E-state index in [9.17, 15) is 5.26 Å². The Morgan fingerprint density at radius 3 is 2.18 bits per heavy atom. The summed E-state index contributed by atoms with van der Waals surface area (Å²) in [4.78, 5) is 2.47. The summed E-state index contributed by atoms with van der Waals surface area (Å²) >= 11 is 3.69. The summed E-state index contributed by atoms with van der Waals surface area (Å²) in [5.74, 6) is 0.241. The molecule has 0 radical (unpaired) electrons. The van der Waals surface area contributed by atoms with Gasteiger partial charge in [-0.1, -0.05) is 85.2 Å². The SMILES string of the molecule is CCC(CCC(C#N)(c1ccccc1Br)C(C)C)N(C)C(C)c1ccccc1.